The van der Waals surface area contributed by atoms with Crippen molar-refractivity contribution < 1.29 is 22.4 Å². The van der Waals surface area contributed by atoms with Gasteiger partial charge in [0.05, 0.1) is 22.3 Å². The first-order valence-electron chi connectivity index (χ1n) is 8.04. The van der Waals surface area contributed by atoms with Crippen molar-refractivity contribution in [2.24, 2.45) is 5.92 Å². The van der Waals surface area contributed by atoms with Gasteiger partial charge < -0.3 is 10.2 Å². The second-order valence-electron chi connectivity index (χ2n) is 6.33. The molecule has 1 aliphatic heterocycles. The molecule has 2 aromatic rings. The molecule has 0 spiro atoms. The number of aromatic nitrogens is 2. The van der Waals surface area contributed by atoms with Gasteiger partial charge in [-0.2, -0.15) is 13.9 Å². The Balaban J connectivity index is 1.91. The lowest BCUT2D eigenvalue weighted by molar-refractivity contribution is -0.118. The number of halogens is 4. The van der Waals surface area contributed by atoms with E-state index in [1.54, 1.807) is 11.9 Å². The smallest absolute Gasteiger partial charge is 0.333 e. The molecule has 1 fully saturated rings. The minimum absolute atomic E-state index is 0.246. The quantitative estimate of drug-likeness (QED) is 0.631. The number of amides is 1. The second kappa shape index (κ2) is 7.26. The Morgan fingerprint density at radius 3 is 2.70 bits per heavy atom. The zero-order valence-electron chi connectivity index (χ0n) is 14.4. The predicted molar refractivity (Wildman–Crippen MR) is 94.7 cm³/mol. The van der Waals surface area contributed by atoms with E-state index in [0.717, 1.165) is 6.07 Å². The molecule has 1 saturated heterocycles. The summed E-state index contributed by atoms with van der Waals surface area (Å²) in [5.74, 6) is -4.44. The number of hydrogen-bond acceptors (Lipinski definition) is 3. The average molecular weight is 400 g/mol. The van der Waals surface area contributed by atoms with Gasteiger partial charge in [-0.25, -0.2) is 13.5 Å². The van der Waals surface area contributed by atoms with Crippen LogP contribution in [0.3, 0.4) is 0 Å². The van der Waals surface area contributed by atoms with Crippen LogP contribution in [0.15, 0.2) is 24.3 Å². The lowest BCUT2D eigenvalue weighted by Crippen LogP contribution is -2.32. The van der Waals surface area contributed by atoms with Crippen molar-refractivity contribution in [2.45, 2.75) is 19.4 Å². The zero-order valence-corrected chi connectivity index (χ0v) is 15.2. The monoisotopic (exact) mass is 400 g/mol. The van der Waals surface area contributed by atoms with Gasteiger partial charge in [-0.1, -0.05) is 18.3 Å². The summed E-state index contributed by atoms with van der Waals surface area (Å²) in [5.41, 5.74) is 0.223. The lowest BCUT2D eigenvalue weighted by Gasteiger charge is -2.17. The van der Waals surface area contributed by atoms with Gasteiger partial charge >= 0.3 is 6.55 Å². The maximum Gasteiger partial charge on any atom is 0.333 e. The highest BCUT2D eigenvalue weighted by atomic mass is 32.1. The third kappa shape index (κ3) is 3.53. The van der Waals surface area contributed by atoms with Gasteiger partial charge in [0, 0.05) is 25.2 Å². The summed E-state index contributed by atoms with van der Waals surface area (Å²) in [4.78, 5) is 14.7. The zero-order chi connectivity index (χ0) is 19.9. The molecule has 144 valence electrons. The molecule has 1 aliphatic rings. The Morgan fingerprint density at radius 1 is 1.37 bits per heavy atom. The molecule has 0 radical (unpaired) electrons. The van der Waals surface area contributed by atoms with Gasteiger partial charge in [0.2, 0.25) is 5.91 Å². The second-order valence-corrected chi connectivity index (χ2v) is 6.74. The van der Waals surface area contributed by atoms with Gasteiger partial charge in [0.15, 0.2) is 11.6 Å². The van der Waals surface area contributed by atoms with Gasteiger partial charge in [-0.05, 0) is 25.1 Å². The number of carbonyl (C=O) groups is 1. The summed E-state index contributed by atoms with van der Waals surface area (Å²) >= 11 is 5.30. The van der Waals surface area contributed by atoms with Crippen molar-refractivity contribution in [3.8, 4) is 0 Å². The number of thiocarbonyl (C=S) groups is 1. The summed E-state index contributed by atoms with van der Waals surface area (Å²) in [5, 5.41) is 6.23. The first kappa shape index (κ1) is 19.3. The molecule has 1 aromatic carbocycles. The summed E-state index contributed by atoms with van der Waals surface area (Å²) in [7, 11) is 1.67. The SMILES string of the molecule is Cc1cc([C@H]2CN(C)C(=S)[C@@H]2C(=O)Nc2cccc(F)c2F)nn1C(F)F. The first-order valence-corrected chi connectivity index (χ1v) is 8.45. The van der Waals surface area contributed by atoms with Crippen LogP contribution in [0.2, 0.25) is 0 Å². The van der Waals surface area contributed by atoms with Crippen LogP contribution in [0.4, 0.5) is 23.2 Å². The molecular weight excluding hydrogens is 384 g/mol. The highest BCUT2D eigenvalue weighted by Crippen LogP contribution is 2.35. The van der Waals surface area contributed by atoms with Crippen LogP contribution in [0.25, 0.3) is 0 Å². The number of hydrogen-bond donors (Lipinski definition) is 1. The van der Waals surface area contributed by atoms with E-state index in [0.29, 0.717) is 16.9 Å². The molecule has 10 heteroatoms. The Kier molecular flexibility index (Phi) is 5.18. The van der Waals surface area contributed by atoms with Gasteiger partial charge in [0.1, 0.15) is 0 Å². The molecule has 2 atom stereocenters. The Hall–Kier alpha value is -2.49. The number of carbonyl (C=O) groups excluding carboxylic acids is 1. The molecule has 3 rings (SSSR count). The highest BCUT2D eigenvalue weighted by molar-refractivity contribution is 7.80. The molecule has 0 saturated carbocycles. The van der Waals surface area contributed by atoms with Crippen LogP contribution in [-0.2, 0) is 4.79 Å². The van der Waals surface area contributed by atoms with Gasteiger partial charge in [-0.15, -0.1) is 0 Å². The molecule has 1 amide bonds. The van der Waals surface area contributed by atoms with Crippen molar-refractivity contribution in [2.75, 3.05) is 18.9 Å². The fourth-order valence-electron chi connectivity index (χ4n) is 3.16. The molecular formula is C17H16F4N4OS. The van der Waals surface area contributed by atoms with Crippen LogP contribution in [0.1, 0.15) is 23.9 Å². The largest absolute Gasteiger partial charge is 0.368 e. The molecule has 0 aliphatic carbocycles. The summed E-state index contributed by atoms with van der Waals surface area (Å²) in [6, 6.07) is 4.89. The Bertz CT molecular complexity index is 901. The maximum absolute atomic E-state index is 13.9. The summed E-state index contributed by atoms with van der Waals surface area (Å²) < 4.78 is 53.8. The predicted octanol–water partition coefficient (Wildman–Crippen LogP) is 3.48. The van der Waals surface area contributed by atoms with E-state index in [4.69, 9.17) is 12.2 Å². The number of benzene rings is 1. The van der Waals surface area contributed by atoms with Crippen LogP contribution in [0.5, 0.6) is 0 Å². The van der Waals surface area contributed by atoms with Crippen molar-refractivity contribution in [1.29, 1.82) is 0 Å². The molecule has 1 aromatic heterocycles. The molecule has 0 unspecified atom stereocenters. The third-order valence-electron chi connectivity index (χ3n) is 4.51. The van der Waals surface area contributed by atoms with Crippen molar-refractivity contribution in [1.82, 2.24) is 14.7 Å². The van der Waals surface area contributed by atoms with Crippen LogP contribution >= 0.6 is 12.2 Å². The average Bonchev–Trinajstić information content (AvgIpc) is 3.12. The van der Waals surface area contributed by atoms with E-state index >= 15 is 0 Å². The van der Waals surface area contributed by atoms with E-state index in [-0.39, 0.29) is 16.4 Å². The molecule has 27 heavy (non-hydrogen) atoms. The van der Waals surface area contributed by atoms with E-state index < -0.39 is 35.9 Å². The van der Waals surface area contributed by atoms with Crippen LogP contribution in [-0.4, -0.2) is 39.2 Å². The number of anilines is 1. The van der Waals surface area contributed by atoms with Crippen molar-refractivity contribution >= 4 is 28.8 Å². The molecule has 5 nitrogen and oxygen atoms in total. The number of aryl methyl sites for hydroxylation is 1. The first-order chi connectivity index (χ1) is 12.7. The lowest BCUT2D eigenvalue weighted by atomic mass is 9.92. The topological polar surface area (TPSA) is 50.2 Å². The van der Waals surface area contributed by atoms with Crippen molar-refractivity contribution in [3.63, 3.8) is 0 Å². The summed E-state index contributed by atoms with van der Waals surface area (Å²) in [6.45, 7) is -1.03. The molecule has 1 N–H and O–H groups in total. The van der Waals surface area contributed by atoms with Gasteiger partial charge in [-0.3, -0.25) is 4.79 Å². The molecule has 2 heterocycles. The number of rotatable bonds is 4. The number of likely N-dealkylation sites (tertiary alicyclic amines) is 1. The number of nitrogens with one attached hydrogen (secondary N) is 1. The van der Waals surface area contributed by atoms with E-state index in [1.807, 2.05) is 0 Å². The Morgan fingerprint density at radius 2 is 2.07 bits per heavy atom. The number of nitrogens with zero attached hydrogens (tertiary/aromatic N) is 3. The van der Waals surface area contributed by atoms with E-state index in [9.17, 15) is 22.4 Å². The van der Waals surface area contributed by atoms with Crippen LogP contribution in [0, 0.1) is 24.5 Å². The fraction of sp³-hybridized carbons (Fsp3) is 0.353. The van der Waals surface area contributed by atoms with Gasteiger partial charge in [0.25, 0.3) is 0 Å². The minimum Gasteiger partial charge on any atom is -0.368 e. The van der Waals surface area contributed by atoms with Crippen LogP contribution < -0.4 is 5.32 Å². The number of alkyl halides is 2. The standard InChI is InChI=1S/C17H16F4N4OS/c1-8-6-12(23-25(8)17(20)21)9-7-24(2)16(27)13(9)15(26)22-11-5-3-4-10(18)14(11)19/h3-6,9,13,17H,7H2,1-2H3,(H,22,26)/t9-,13+/m1/s1. The number of likely N-dealkylation sites (N-methyl/N-ethyl adjacent to an activating group) is 1. The minimum atomic E-state index is -2.81. The van der Waals surface area contributed by atoms with Crippen molar-refractivity contribution in [3.05, 3.63) is 47.3 Å². The van der Waals surface area contributed by atoms with E-state index in [1.165, 1.54) is 25.1 Å². The molecule has 0 bridgehead atoms. The van der Waals surface area contributed by atoms with E-state index in [2.05, 4.69) is 10.4 Å². The third-order valence-corrected chi connectivity index (χ3v) is 5.08. The Labute approximate surface area is 158 Å². The highest BCUT2D eigenvalue weighted by Gasteiger charge is 2.43. The maximum atomic E-state index is 13.9. The summed E-state index contributed by atoms with van der Waals surface area (Å²) in [6.07, 6.45) is 0. The fourth-order valence-corrected chi connectivity index (χ4v) is 3.51. The normalized spacial score (nSPS) is 19.8.